The Morgan fingerprint density at radius 2 is 2.14 bits per heavy atom. The number of thiazole rings is 1. The van der Waals surface area contributed by atoms with Crippen LogP contribution in [0.25, 0.3) is 0 Å². The van der Waals surface area contributed by atoms with Crippen molar-refractivity contribution in [1.29, 1.82) is 0 Å². The smallest absolute Gasteiger partial charge is 0.230 e. The van der Waals surface area contributed by atoms with Gasteiger partial charge in [-0.15, -0.1) is 11.3 Å². The average molecular weight is 435 g/mol. The Hall–Kier alpha value is -1.83. The summed E-state index contributed by atoms with van der Waals surface area (Å²) < 4.78 is 2.15. The Kier molecular flexibility index (Phi) is 6.80. The molecule has 3 rings (SSSR count). The third-order valence-electron chi connectivity index (χ3n) is 4.16. The second kappa shape index (κ2) is 9.11. The standard InChI is InChI=1S/C20H23ClN4OS2/c1-5-7-24-8-6-22-19(24)27-11-16-12-28-20(23-16)25(15(4)26)18-14(3)9-13(2)10-17(18)21/h6,8-10,12H,5,7,11H2,1-4H3. The maximum absolute atomic E-state index is 12.4. The van der Waals surface area contributed by atoms with E-state index in [1.54, 1.807) is 16.7 Å². The highest BCUT2D eigenvalue weighted by Crippen LogP contribution is 2.38. The normalized spacial score (nSPS) is 11.0. The van der Waals surface area contributed by atoms with Crippen LogP contribution < -0.4 is 4.90 Å². The lowest BCUT2D eigenvalue weighted by atomic mass is 10.1. The van der Waals surface area contributed by atoms with Crippen molar-refractivity contribution in [3.8, 4) is 0 Å². The minimum absolute atomic E-state index is 0.110. The fraction of sp³-hybridized carbons (Fsp3) is 0.350. The number of anilines is 2. The topological polar surface area (TPSA) is 51.0 Å². The lowest BCUT2D eigenvalue weighted by Gasteiger charge is -2.22. The summed E-state index contributed by atoms with van der Waals surface area (Å²) in [6.45, 7) is 8.58. The van der Waals surface area contributed by atoms with E-state index in [4.69, 9.17) is 16.6 Å². The molecule has 0 atom stereocenters. The predicted octanol–water partition coefficient (Wildman–Crippen LogP) is 6.00. The van der Waals surface area contributed by atoms with Gasteiger partial charge in [-0.3, -0.25) is 9.69 Å². The molecule has 0 spiro atoms. The monoisotopic (exact) mass is 434 g/mol. The van der Waals surface area contributed by atoms with Gasteiger partial charge in [0.05, 0.1) is 16.4 Å². The molecule has 148 valence electrons. The lowest BCUT2D eigenvalue weighted by Crippen LogP contribution is -2.24. The third kappa shape index (κ3) is 4.59. The molecule has 0 unspecified atom stereocenters. The van der Waals surface area contributed by atoms with Crippen LogP contribution in [-0.4, -0.2) is 20.4 Å². The number of halogens is 1. The van der Waals surface area contributed by atoms with E-state index in [1.807, 2.05) is 43.8 Å². The zero-order valence-corrected chi connectivity index (χ0v) is 18.8. The Bertz CT molecular complexity index is 959. The molecule has 2 heterocycles. The Morgan fingerprint density at radius 1 is 1.36 bits per heavy atom. The van der Waals surface area contributed by atoms with Crippen LogP contribution in [0.4, 0.5) is 10.8 Å². The van der Waals surface area contributed by atoms with E-state index in [2.05, 4.69) is 16.5 Å². The van der Waals surface area contributed by atoms with Crippen LogP contribution >= 0.6 is 34.7 Å². The number of benzene rings is 1. The number of imidazole rings is 1. The summed E-state index contributed by atoms with van der Waals surface area (Å²) in [6, 6.07) is 3.90. The van der Waals surface area contributed by atoms with Crippen LogP contribution in [0.5, 0.6) is 0 Å². The predicted molar refractivity (Wildman–Crippen MR) is 118 cm³/mol. The number of amides is 1. The molecular weight excluding hydrogens is 412 g/mol. The van der Waals surface area contributed by atoms with Crippen molar-refractivity contribution in [1.82, 2.24) is 14.5 Å². The third-order valence-corrected chi connectivity index (χ3v) is 6.36. The maximum Gasteiger partial charge on any atom is 0.230 e. The quantitative estimate of drug-likeness (QED) is 0.428. The molecule has 1 aromatic carbocycles. The van der Waals surface area contributed by atoms with E-state index in [-0.39, 0.29) is 5.91 Å². The highest BCUT2D eigenvalue weighted by Gasteiger charge is 2.22. The van der Waals surface area contributed by atoms with Crippen LogP contribution in [0, 0.1) is 13.8 Å². The molecule has 0 saturated carbocycles. The van der Waals surface area contributed by atoms with E-state index in [0.29, 0.717) is 21.6 Å². The summed E-state index contributed by atoms with van der Waals surface area (Å²) in [7, 11) is 0. The van der Waals surface area contributed by atoms with Gasteiger partial charge in [0, 0.05) is 37.0 Å². The summed E-state index contributed by atoms with van der Waals surface area (Å²) in [5.41, 5.74) is 3.64. The summed E-state index contributed by atoms with van der Waals surface area (Å²) in [4.78, 5) is 23.1. The molecule has 0 fully saturated rings. The highest BCUT2D eigenvalue weighted by atomic mass is 35.5. The number of aryl methyl sites for hydroxylation is 3. The number of hydrogen-bond donors (Lipinski definition) is 0. The minimum atomic E-state index is -0.110. The molecule has 0 aliphatic rings. The first kappa shape index (κ1) is 20.9. The van der Waals surface area contributed by atoms with Gasteiger partial charge in [0.1, 0.15) is 0 Å². The largest absolute Gasteiger partial charge is 0.326 e. The van der Waals surface area contributed by atoms with E-state index >= 15 is 0 Å². The van der Waals surface area contributed by atoms with Crippen molar-refractivity contribution in [2.24, 2.45) is 0 Å². The Morgan fingerprint density at radius 3 is 2.82 bits per heavy atom. The van der Waals surface area contributed by atoms with Gasteiger partial charge in [-0.2, -0.15) is 0 Å². The molecule has 8 heteroatoms. The number of rotatable bonds is 7. The molecule has 1 amide bonds. The molecule has 5 nitrogen and oxygen atoms in total. The molecule has 0 radical (unpaired) electrons. The highest BCUT2D eigenvalue weighted by molar-refractivity contribution is 7.98. The summed E-state index contributed by atoms with van der Waals surface area (Å²) >= 11 is 9.57. The molecule has 28 heavy (non-hydrogen) atoms. The van der Waals surface area contributed by atoms with Gasteiger partial charge < -0.3 is 4.57 Å². The summed E-state index contributed by atoms with van der Waals surface area (Å²) in [5.74, 6) is 0.588. The first-order valence-electron chi connectivity index (χ1n) is 9.06. The van der Waals surface area contributed by atoms with Crippen LogP contribution in [0.15, 0.2) is 35.1 Å². The number of aromatic nitrogens is 3. The van der Waals surface area contributed by atoms with Gasteiger partial charge in [-0.25, -0.2) is 9.97 Å². The second-order valence-electron chi connectivity index (χ2n) is 6.58. The first-order chi connectivity index (χ1) is 13.4. The molecule has 0 aliphatic carbocycles. The van der Waals surface area contributed by atoms with Crippen LogP contribution in [0.1, 0.15) is 37.1 Å². The molecule has 0 N–H and O–H groups in total. The van der Waals surface area contributed by atoms with Gasteiger partial charge >= 0.3 is 0 Å². The van der Waals surface area contributed by atoms with Crippen molar-refractivity contribution in [3.05, 3.63) is 51.7 Å². The average Bonchev–Trinajstić information content (AvgIpc) is 3.25. The second-order valence-corrected chi connectivity index (χ2v) is 8.77. The van der Waals surface area contributed by atoms with E-state index in [0.717, 1.165) is 34.9 Å². The zero-order valence-electron chi connectivity index (χ0n) is 16.4. The Labute approximate surface area is 178 Å². The molecule has 0 saturated heterocycles. The van der Waals surface area contributed by atoms with Crippen LogP contribution in [0.3, 0.4) is 0 Å². The number of carbonyl (C=O) groups is 1. The SMILES string of the molecule is CCCn1ccnc1SCc1csc(N(C(C)=O)c2c(C)cc(C)cc2Cl)n1. The number of carbonyl (C=O) groups excluding carboxylic acids is 1. The van der Waals surface area contributed by atoms with Crippen molar-refractivity contribution >= 4 is 51.4 Å². The van der Waals surface area contributed by atoms with E-state index in [1.165, 1.54) is 18.3 Å². The fourth-order valence-electron chi connectivity index (χ4n) is 3.03. The van der Waals surface area contributed by atoms with Crippen molar-refractivity contribution < 1.29 is 4.79 Å². The van der Waals surface area contributed by atoms with Crippen LogP contribution in [0.2, 0.25) is 5.02 Å². The number of nitrogens with zero attached hydrogens (tertiary/aromatic N) is 4. The molecular formula is C20H23ClN4OS2. The van der Waals surface area contributed by atoms with Crippen molar-refractivity contribution in [3.63, 3.8) is 0 Å². The molecule has 3 aromatic rings. The summed E-state index contributed by atoms with van der Waals surface area (Å²) in [5, 5.41) is 4.16. The number of hydrogen-bond acceptors (Lipinski definition) is 5. The van der Waals surface area contributed by atoms with Crippen molar-refractivity contribution in [2.45, 2.75) is 51.6 Å². The van der Waals surface area contributed by atoms with E-state index in [9.17, 15) is 4.79 Å². The van der Waals surface area contributed by atoms with Gasteiger partial charge in [0.2, 0.25) is 5.91 Å². The van der Waals surface area contributed by atoms with Gasteiger partial charge in [-0.05, 0) is 37.5 Å². The van der Waals surface area contributed by atoms with Crippen molar-refractivity contribution in [2.75, 3.05) is 4.90 Å². The first-order valence-corrected chi connectivity index (χ1v) is 11.3. The fourth-order valence-corrected chi connectivity index (χ4v) is 5.29. The molecule has 0 bridgehead atoms. The van der Waals surface area contributed by atoms with E-state index < -0.39 is 0 Å². The van der Waals surface area contributed by atoms with Gasteiger partial charge in [-0.1, -0.05) is 36.4 Å². The molecule has 2 aromatic heterocycles. The summed E-state index contributed by atoms with van der Waals surface area (Å²) in [6.07, 6.45) is 4.89. The Balaban J connectivity index is 1.82. The molecule has 0 aliphatic heterocycles. The van der Waals surface area contributed by atoms with Gasteiger partial charge in [0.15, 0.2) is 10.3 Å². The lowest BCUT2D eigenvalue weighted by molar-refractivity contribution is -0.115. The maximum atomic E-state index is 12.4. The zero-order chi connectivity index (χ0) is 20.3. The minimum Gasteiger partial charge on any atom is -0.326 e. The van der Waals surface area contributed by atoms with Crippen LogP contribution in [-0.2, 0) is 17.1 Å². The van der Waals surface area contributed by atoms with Gasteiger partial charge in [0.25, 0.3) is 0 Å². The number of thioether (sulfide) groups is 1.